The molecule has 2 aromatic carbocycles. The Morgan fingerprint density at radius 3 is 2.53 bits per heavy atom. The first-order chi connectivity index (χ1) is 8.27. The fourth-order valence-corrected chi connectivity index (χ4v) is 2.01. The molecule has 0 fully saturated rings. The molecule has 2 aromatic rings. The molecule has 2 N–H and O–H groups in total. The van der Waals surface area contributed by atoms with Crippen LogP contribution in [-0.4, -0.2) is 30.0 Å². The van der Waals surface area contributed by atoms with E-state index in [0.29, 0.717) is 0 Å². The molecule has 0 spiro atoms. The lowest BCUT2D eigenvalue weighted by atomic mass is 9.97. The Balaban J connectivity index is 2.47. The van der Waals surface area contributed by atoms with E-state index in [9.17, 15) is 5.11 Å². The molecule has 2 rings (SSSR count). The average Bonchev–Trinajstić information content (AvgIpc) is 2.39. The van der Waals surface area contributed by atoms with Gasteiger partial charge in [-0.05, 0) is 16.3 Å². The fraction of sp³-hybridized carbons (Fsp3) is 0.286. The second-order valence-electron chi connectivity index (χ2n) is 3.97. The molecule has 0 aromatic heterocycles. The number of benzene rings is 2. The van der Waals surface area contributed by atoms with Gasteiger partial charge in [0.15, 0.2) is 0 Å². The van der Waals surface area contributed by atoms with Crippen molar-refractivity contribution in [1.82, 2.24) is 0 Å². The summed E-state index contributed by atoms with van der Waals surface area (Å²) in [6.07, 6.45) is -1.42. The third kappa shape index (κ3) is 2.31. The van der Waals surface area contributed by atoms with E-state index in [4.69, 9.17) is 9.84 Å². The Kier molecular flexibility index (Phi) is 3.74. The molecule has 2 unspecified atom stereocenters. The Labute approximate surface area is 100 Å². The SMILES string of the molecule is COC(CO)C(O)c1cccc2ccccc12. The van der Waals surface area contributed by atoms with Gasteiger partial charge in [0.05, 0.1) is 6.61 Å². The monoisotopic (exact) mass is 232 g/mol. The molecular weight excluding hydrogens is 216 g/mol. The van der Waals surface area contributed by atoms with Gasteiger partial charge in [0.2, 0.25) is 0 Å². The van der Waals surface area contributed by atoms with Crippen LogP contribution in [0.3, 0.4) is 0 Å². The summed E-state index contributed by atoms with van der Waals surface area (Å²) in [6.45, 7) is -0.207. The first-order valence-electron chi connectivity index (χ1n) is 5.57. The van der Waals surface area contributed by atoms with Crippen LogP contribution in [0.5, 0.6) is 0 Å². The number of fused-ring (bicyclic) bond motifs is 1. The van der Waals surface area contributed by atoms with Crippen LogP contribution in [0.2, 0.25) is 0 Å². The largest absolute Gasteiger partial charge is 0.394 e. The highest BCUT2D eigenvalue weighted by Crippen LogP contribution is 2.27. The number of ether oxygens (including phenoxy) is 1. The van der Waals surface area contributed by atoms with Crippen LogP contribution in [0.4, 0.5) is 0 Å². The van der Waals surface area contributed by atoms with Crippen molar-refractivity contribution in [1.29, 1.82) is 0 Å². The maximum Gasteiger partial charge on any atom is 0.110 e. The normalized spacial score (nSPS) is 14.8. The van der Waals surface area contributed by atoms with Gasteiger partial charge in [-0.1, -0.05) is 42.5 Å². The van der Waals surface area contributed by atoms with Crippen molar-refractivity contribution in [2.24, 2.45) is 0 Å². The van der Waals surface area contributed by atoms with Crippen molar-refractivity contribution in [3.05, 3.63) is 48.0 Å². The van der Waals surface area contributed by atoms with Crippen molar-refractivity contribution in [3.63, 3.8) is 0 Å². The molecule has 0 saturated carbocycles. The Morgan fingerprint density at radius 1 is 1.12 bits per heavy atom. The van der Waals surface area contributed by atoms with E-state index in [1.165, 1.54) is 7.11 Å². The third-order valence-corrected chi connectivity index (χ3v) is 2.98. The van der Waals surface area contributed by atoms with Gasteiger partial charge in [-0.2, -0.15) is 0 Å². The highest BCUT2D eigenvalue weighted by Gasteiger charge is 2.21. The molecule has 0 aliphatic carbocycles. The lowest BCUT2D eigenvalue weighted by Crippen LogP contribution is -2.24. The second-order valence-corrected chi connectivity index (χ2v) is 3.97. The van der Waals surface area contributed by atoms with E-state index in [1.807, 2.05) is 42.5 Å². The Bertz CT molecular complexity index is 486. The molecule has 0 radical (unpaired) electrons. The summed E-state index contributed by atoms with van der Waals surface area (Å²) in [7, 11) is 1.48. The van der Waals surface area contributed by atoms with Crippen molar-refractivity contribution >= 4 is 10.8 Å². The van der Waals surface area contributed by atoms with Crippen LogP contribution in [0, 0.1) is 0 Å². The minimum atomic E-state index is -0.823. The standard InChI is InChI=1S/C14H16O3/c1-17-13(9-15)14(16)12-8-4-6-10-5-2-3-7-11(10)12/h2-8,13-16H,9H2,1H3. The smallest absolute Gasteiger partial charge is 0.110 e. The quantitative estimate of drug-likeness (QED) is 0.846. The summed E-state index contributed by atoms with van der Waals surface area (Å²) in [5.41, 5.74) is 0.781. The summed E-state index contributed by atoms with van der Waals surface area (Å²) < 4.78 is 5.06. The fourth-order valence-electron chi connectivity index (χ4n) is 2.01. The lowest BCUT2D eigenvalue weighted by molar-refractivity contribution is -0.0418. The van der Waals surface area contributed by atoms with Gasteiger partial charge in [0, 0.05) is 7.11 Å². The highest BCUT2D eigenvalue weighted by atomic mass is 16.5. The molecule has 3 nitrogen and oxygen atoms in total. The molecule has 0 amide bonds. The molecule has 3 heteroatoms. The minimum Gasteiger partial charge on any atom is -0.394 e. The zero-order valence-electron chi connectivity index (χ0n) is 9.71. The Hall–Kier alpha value is -1.42. The molecule has 0 heterocycles. The topological polar surface area (TPSA) is 49.7 Å². The number of aliphatic hydroxyl groups is 2. The summed E-state index contributed by atoms with van der Waals surface area (Å²) in [5.74, 6) is 0. The number of aliphatic hydroxyl groups excluding tert-OH is 2. The van der Waals surface area contributed by atoms with Crippen LogP contribution in [-0.2, 0) is 4.74 Å². The number of hydrogen-bond donors (Lipinski definition) is 2. The summed E-state index contributed by atoms with van der Waals surface area (Å²) >= 11 is 0. The highest BCUT2D eigenvalue weighted by molar-refractivity contribution is 5.86. The van der Waals surface area contributed by atoms with E-state index in [-0.39, 0.29) is 6.61 Å². The lowest BCUT2D eigenvalue weighted by Gasteiger charge is -2.21. The first kappa shape index (κ1) is 12.0. The van der Waals surface area contributed by atoms with E-state index < -0.39 is 12.2 Å². The molecule has 0 saturated heterocycles. The summed E-state index contributed by atoms with van der Waals surface area (Å²) in [5, 5.41) is 21.4. The molecule has 0 aliphatic heterocycles. The summed E-state index contributed by atoms with van der Waals surface area (Å²) in [6, 6.07) is 13.6. The molecule has 17 heavy (non-hydrogen) atoms. The predicted octanol–water partition coefficient (Wildman–Crippen LogP) is 1.88. The molecular formula is C14H16O3. The average molecular weight is 232 g/mol. The van der Waals surface area contributed by atoms with E-state index >= 15 is 0 Å². The molecule has 0 bridgehead atoms. The van der Waals surface area contributed by atoms with Crippen molar-refractivity contribution < 1.29 is 14.9 Å². The predicted molar refractivity (Wildman–Crippen MR) is 66.8 cm³/mol. The van der Waals surface area contributed by atoms with Gasteiger partial charge < -0.3 is 14.9 Å². The van der Waals surface area contributed by atoms with Gasteiger partial charge in [-0.15, -0.1) is 0 Å². The second kappa shape index (κ2) is 5.27. The van der Waals surface area contributed by atoms with Crippen molar-refractivity contribution in [2.45, 2.75) is 12.2 Å². The van der Waals surface area contributed by atoms with Gasteiger partial charge in [0.25, 0.3) is 0 Å². The van der Waals surface area contributed by atoms with Crippen molar-refractivity contribution in [2.75, 3.05) is 13.7 Å². The minimum absolute atomic E-state index is 0.207. The zero-order valence-corrected chi connectivity index (χ0v) is 9.71. The Morgan fingerprint density at radius 2 is 1.82 bits per heavy atom. The van der Waals surface area contributed by atoms with Crippen molar-refractivity contribution in [3.8, 4) is 0 Å². The van der Waals surface area contributed by atoms with E-state index in [1.54, 1.807) is 0 Å². The van der Waals surface area contributed by atoms with Gasteiger partial charge in [-0.3, -0.25) is 0 Å². The third-order valence-electron chi connectivity index (χ3n) is 2.98. The number of methoxy groups -OCH3 is 1. The van der Waals surface area contributed by atoms with Gasteiger partial charge in [0.1, 0.15) is 12.2 Å². The van der Waals surface area contributed by atoms with Crippen LogP contribution in [0.1, 0.15) is 11.7 Å². The van der Waals surface area contributed by atoms with Crippen LogP contribution in [0.25, 0.3) is 10.8 Å². The molecule has 0 aliphatic rings. The maximum absolute atomic E-state index is 10.2. The zero-order chi connectivity index (χ0) is 12.3. The van der Waals surface area contributed by atoms with E-state index in [0.717, 1.165) is 16.3 Å². The van der Waals surface area contributed by atoms with Crippen LogP contribution >= 0.6 is 0 Å². The van der Waals surface area contributed by atoms with E-state index in [2.05, 4.69) is 0 Å². The molecule has 90 valence electrons. The summed E-state index contributed by atoms with van der Waals surface area (Å²) in [4.78, 5) is 0. The van der Waals surface area contributed by atoms with Gasteiger partial charge in [-0.25, -0.2) is 0 Å². The number of rotatable bonds is 4. The van der Waals surface area contributed by atoms with Gasteiger partial charge >= 0.3 is 0 Å². The number of hydrogen-bond acceptors (Lipinski definition) is 3. The van der Waals surface area contributed by atoms with Crippen LogP contribution in [0.15, 0.2) is 42.5 Å². The van der Waals surface area contributed by atoms with Crippen LogP contribution < -0.4 is 0 Å². The maximum atomic E-state index is 10.2. The molecule has 2 atom stereocenters. The first-order valence-corrected chi connectivity index (χ1v) is 5.57.